The Balaban J connectivity index is 3.14. The lowest BCUT2D eigenvalue weighted by molar-refractivity contribution is 0.527. The molecule has 0 heterocycles. The molecule has 0 saturated heterocycles. The van der Waals surface area contributed by atoms with Crippen LogP contribution in [0.4, 0.5) is 0 Å². The second kappa shape index (κ2) is 4.48. The van der Waals surface area contributed by atoms with Crippen LogP contribution in [0, 0.1) is 12.5 Å². The van der Waals surface area contributed by atoms with Crippen LogP contribution in [0.2, 0.25) is 32.7 Å². The summed E-state index contributed by atoms with van der Waals surface area (Å²) < 4.78 is 5.47. The molecule has 0 aliphatic carbocycles. The fourth-order valence-electron chi connectivity index (χ4n) is 1.57. The van der Waals surface area contributed by atoms with E-state index in [0.717, 1.165) is 0 Å². The third-order valence-corrected chi connectivity index (χ3v) is 7.11. The van der Waals surface area contributed by atoms with E-state index in [0.29, 0.717) is 0 Å². The molecule has 0 aromatic heterocycles. The molecule has 1 aromatic carbocycles. The van der Waals surface area contributed by atoms with Crippen molar-refractivity contribution in [3.63, 3.8) is 0 Å². The topological polar surface area (TPSA) is 9.23 Å². The lowest BCUT2D eigenvalue weighted by atomic mass is 10.4. The van der Waals surface area contributed by atoms with Gasteiger partial charge in [-0.3, -0.25) is 0 Å². The highest BCUT2D eigenvalue weighted by atomic mass is 28.4. The molecule has 0 atom stereocenters. The van der Waals surface area contributed by atoms with Crippen molar-refractivity contribution in [3.05, 3.63) is 24.3 Å². The van der Waals surface area contributed by atoms with Gasteiger partial charge in [-0.25, -0.2) is 0 Å². The van der Waals surface area contributed by atoms with Gasteiger partial charge >= 0.3 is 0 Å². The third kappa shape index (κ3) is 3.00. The predicted octanol–water partition coefficient (Wildman–Crippen LogP) is 2.25. The summed E-state index contributed by atoms with van der Waals surface area (Å²) in [4.78, 5) is 0. The van der Waals surface area contributed by atoms with Gasteiger partial charge in [0, 0.05) is 0 Å². The largest absolute Gasteiger partial charge is 0.495 e. The second-order valence-corrected chi connectivity index (χ2v) is 14.4. The van der Waals surface area contributed by atoms with Crippen molar-refractivity contribution in [2.75, 3.05) is 0 Å². The van der Waals surface area contributed by atoms with E-state index in [1.54, 1.807) is 0 Å². The summed E-state index contributed by atoms with van der Waals surface area (Å²) in [5, 5.41) is 2.75. The Morgan fingerprint density at radius 3 is 2.12 bits per heavy atom. The molecule has 0 saturated carbocycles. The van der Waals surface area contributed by atoms with Gasteiger partial charge in [0.15, 0.2) is 0 Å². The van der Waals surface area contributed by atoms with Gasteiger partial charge in [0.05, 0.1) is 14.2 Å². The number of terminal acetylenes is 1. The van der Waals surface area contributed by atoms with E-state index in [4.69, 9.17) is 10.8 Å². The summed E-state index contributed by atoms with van der Waals surface area (Å²) in [6.45, 7) is 11.3. The quantitative estimate of drug-likeness (QED) is 0.589. The van der Waals surface area contributed by atoms with Crippen LogP contribution in [-0.2, 0) is 4.43 Å². The lowest BCUT2D eigenvalue weighted by Gasteiger charge is -2.23. The molecular weight excluding hydrogens is 228 g/mol. The molecule has 16 heavy (non-hydrogen) atoms. The van der Waals surface area contributed by atoms with Crippen LogP contribution in [0.3, 0.4) is 0 Å². The van der Waals surface area contributed by atoms with Crippen LogP contribution in [0.15, 0.2) is 24.3 Å². The van der Waals surface area contributed by atoms with Crippen molar-refractivity contribution < 1.29 is 4.43 Å². The van der Waals surface area contributed by atoms with Crippen LogP contribution in [0.25, 0.3) is 0 Å². The zero-order valence-corrected chi connectivity index (χ0v) is 12.8. The maximum absolute atomic E-state index is 5.47. The van der Waals surface area contributed by atoms with E-state index in [2.05, 4.69) is 63.1 Å². The zero-order chi connectivity index (χ0) is 12.4. The van der Waals surface area contributed by atoms with Gasteiger partial charge in [-0.15, -0.1) is 0 Å². The van der Waals surface area contributed by atoms with Crippen LogP contribution in [0.5, 0.6) is 0 Å². The van der Waals surface area contributed by atoms with E-state index in [-0.39, 0.29) is 0 Å². The first-order valence-corrected chi connectivity index (χ1v) is 11.9. The Bertz CT molecular complexity index is 411. The molecule has 86 valence electrons. The van der Waals surface area contributed by atoms with Crippen molar-refractivity contribution in [1.82, 2.24) is 0 Å². The van der Waals surface area contributed by atoms with Crippen LogP contribution >= 0.6 is 0 Å². The molecule has 1 nitrogen and oxygen atoms in total. The van der Waals surface area contributed by atoms with E-state index < -0.39 is 16.4 Å². The number of benzene rings is 1. The Morgan fingerprint density at radius 2 is 1.62 bits per heavy atom. The van der Waals surface area contributed by atoms with Crippen molar-refractivity contribution in [3.8, 4) is 12.5 Å². The maximum Gasteiger partial charge on any atom is 0.289 e. The van der Waals surface area contributed by atoms with E-state index in [9.17, 15) is 0 Å². The molecular formula is C13H20OSi2. The van der Waals surface area contributed by atoms with Gasteiger partial charge in [-0.2, -0.15) is 0 Å². The number of hydrogen-bond acceptors (Lipinski definition) is 1. The maximum atomic E-state index is 5.47. The molecule has 0 radical (unpaired) electrons. The molecule has 0 spiro atoms. The highest BCUT2D eigenvalue weighted by Crippen LogP contribution is 2.06. The smallest absolute Gasteiger partial charge is 0.289 e. The highest BCUT2D eigenvalue weighted by molar-refractivity contribution is 6.90. The first kappa shape index (κ1) is 13.1. The summed E-state index contributed by atoms with van der Waals surface area (Å²) in [6.07, 6.45) is 7.58. The molecule has 0 fully saturated rings. The standard InChI is InChI=1S/C13H20OSi2/c1-7-14-16(5,6)13-10-8-9-12(11-13)15(2,3)4/h1,8-11H,2-6H3. The summed E-state index contributed by atoms with van der Waals surface area (Å²) in [7, 11) is -3.15. The van der Waals surface area contributed by atoms with Gasteiger partial charge in [0.1, 0.15) is 0 Å². The minimum atomic E-state index is -1.90. The zero-order valence-electron chi connectivity index (χ0n) is 10.8. The van der Waals surface area contributed by atoms with Crippen molar-refractivity contribution in [2.24, 2.45) is 0 Å². The van der Waals surface area contributed by atoms with Crippen molar-refractivity contribution in [1.29, 1.82) is 0 Å². The van der Waals surface area contributed by atoms with Crippen LogP contribution in [0.1, 0.15) is 0 Å². The van der Waals surface area contributed by atoms with Crippen LogP contribution in [-0.4, -0.2) is 16.4 Å². The summed E-state index contributed by atoms with van der Waals surface area (Å²) in [5.41, 5.74) is 0. The van der Waals surface area contributed by atoms with Crippen LogP contribution < -0.4 is 10.4 Å². The summed E-state index contributed by atoms with van der Waals surface area (Å²) in [6, 6.07) is 8.76. The Hall–Kier alpha value is -0.986. The second-order valence-electron chi connectivity index (χ2n) is 5.56. The number of rotatable bonds is 3. The van der Waals surface area contributed by atoms with Crippen molar-refractivity contribution >= 4 is 26.8 Å². The third-order valence-electron chi connectivity index (χ3n) is 2.74. The van der Waals surface area contributed by atoms with E-state index in [1.807, 2.05) is 0 Å². The fraction of sp³-hybridized carbons (Fsp3) is 0.385. The highest BCUT2D eigenvalue weighted by Gasteiger charge is 2.28. The van der Waals surface area contributed by atoms with E-state index >= 15 is 0 Å². The Morgan fingerprint density at radius 1 is 1.06 bits per heavy atom. The minimum absolute atomic E-state index is 1.25. The molecule has 1 aromatic rings. The average molecular weight is 248 g/mol. The minimum Gasteiger partial charge on any atom is -0.495 e. The average Bonchev–Trinajstić information content (AvgIpc) is 2.16. The SMILES string of the molecule is C#CO[Si](C)(C)c1cccc([Si](C)(C)C)c1. The molecule has 0 aliphatic rings. The molecule has 0 aliphatic heterocycles. The Labute approximate surface area is 101 Å². The normalized spacial score (nSPS) is 12.0. The molecule has 0 amide bonds. The molecule has 1 rings (SSSR count). The molecule has 0 bridgehead atoms. The summed E-state index contributed by atoms with van der Waals surface area (Å²) >= 11 is 0. The van der Waals surface area contributed by atoms with Gasteiger partial charge in [-0.05, 0) is 18.3 Å². The molecule has 3 heteroatoms. The number of hydrogen-bond donors (Lipinski definition) is 0. The fourth-order valence-corrected chi connectivity index (χ4v) is 4.31. The predicted molar refractivity (Wildman–Crippen MR) is 76.5 cm³/mol. The van der Waals surface area contributed by atoms with Gasteiger partial charge in [-0.1, -0.05) is 55.5 Å². The first-order chi connectivity index (χ1) is 7.27. The van der Waals surface area contributed by atoms with Gasteiger partial charge in [0.25, 0.3) is 8.32 Å². The van der Waals surface area contributed by atoms with E-state index in [1.165, 1.54) is 10.4 Å². The first-order valence-electron chi connectivity index (χ1n) is 5.52. The lowest BCUT2D eigenvalue weighted by Crippen LogP contribution is -2.47. The van der Waals surface area contributed by atoms with Gasteiger partial charge in [0.2, 0.25) is 0 Å². The van der Waals surface area contributed by atoms with Crippen molar-refractivity contribution in [2.45, 2.75) is 32.7 Å². The Kier molecular flexibility index (Phi) is 3.66. The molecule has 0 unspecified atom stereocenters. The molecule has 0 N–H and O–H groups in total. The monoisotopic (exact) mass is 248 g/mol. The summed E-state index contributed by atoms with van der Waals surface area (Å²) in [5.74, 6) is 0. The van der Waals surface area contributed by atoms with Gasteiger partial charge < -0.3 is 4.43 Å².